The number of nitrogens with zero attached hydrogens (tertiary/aromatic N) is 1. The third-order valence-electron chi connectivity index (χ3n) is 3.18. The van der Waals surface area contributed by atoms with Gasteiger partial charge < -0.3 is 5.73 Å². The summed E-state index contributed by atoms with van der Waals surface area (Å²) >= 11 is 0. The van der Waals surface area contributed by atoms with Crippen molar-refractivity contribution < 1.29 is 13.2 Å². The SMILES string of the molecule is CN(CC(N)c1cccc2ccccc12)CC(F)(F)F. The summed E-state index contributed by atoms with van der Waals surface area (Å²) in [6, 6.07) is 13.0. The quantitative estimate of drug-likeness (QED) is 0.932. The van der Waals surface area contributed by atoms with Gasteiger partial charge in [0.15, 0.2) is 0 Å². The summed E-state index contributed by atoms with van der Waals surface area (Å²) in [4.78, 5) is 1.20. The Bertz CT molecular complexity index is 575. The van der Waals surface area contributed by atoms with Gasteiger partial charge in [0.2, 0.25) is 0 Å². The van der Waals surface area contributed by atoms with E-state index in [2.05, 4.69) is 0 Å². The minimum atomic E-state index is -4.20. The molecule has 0 bridgehead atoms. The van der Waals surface area contributed by atoms with Crippen LogP contribution in [0.25, 0.3) is 10.8 Å². The Labute approximate surface area is 116 Å². The van der Waals surface area contributed by atoms with Crippen LogP contribution in [0.15, 0.2) is 42.5 Å². The van der Waals surface area contributed by atoms with E-state index in [9.17, 15) is 13.2 Å². The maximum Gasteiger partial charge on any atom is 0.401 e. The zero-order valence-electron chi connectivity index (χ0n) is 11.2. The zero-order valence-corrected chi connectivity index (χ0v) is 11.2. The van der Waals surface area contributed by atoms with Crippen molar-refractivity contribution in [2.24, 2.45) is 5.73 Å². The number of hydrogen-bond donors (Lipinski definition) is 1. The van der Waals surface area contributed by atoms with Crippen LogP contribution in [-0.4, -0.2) is 31.2 Å². The van der Waals surface area contributed by atoms with Gasteiger partial charge in [-0.3, -0.25) is 4.90 Å². The first-order chi connectivity index (χ1) is 9.37. The molecule has 0 saturated carbocycles. The van der Waals surface area contributed by atoms with Gasteiger partial charge in [0.05, 0.1) is 6.54 Å². The fourth-order valence-electron chi connectivity index (χ4n) is 2.38. The predicted molar refractivity (Wildman–Crippen MR) is 74.4 cm³/mol. The van der Waals surface area contributed by atoms with Gasteiger partial charge in [0, 0.05) is 12.6 Å². The van der Waals surface area contributed by atoms with Gasteiger partial charge >= 0.3 is 6.18 Å². The minimum Gasteiger partial charge on any atom is -0.323 e. The lowest BCUT2D eigenvalue weighted by atomic mass is 9.99. The van der Waals surface area contributed by atoms with Crippen LogP contribution in [0.4, 0.5) is 13.2 Å². The van der Waals surface area contributed by atoms with Gasteiger partial charge in [-0.25, -0.2) is 0 Å². The van der Waals surface area contributed by atoms with Crippen LogP contribution >= 0.6 is 0 Å². The Hall–Kier alpha value is -1.59. The normalized spacial score (nSPS) is 13.9. The molecule has 2 aromatic rings. The van der Waals surface area contributed by atoms with Crippen molar-refractivity contribution in [1.29, 1.82) is 0 Å². The fourth-order valence-corrected chi connectivity index (χ4v) is 2.38. The molecule has 0 radical (unpaired) electrons. The van der Waals surface area contributed by atoms with Crippen LogP contribution in [-0.2, 0) is 0 Å². The number of rotatable bonds is 4. The fraction of sp³-hybridized carbons (Fsp3) is 0.333. The summed E-state index contributed by atoms with van der Waals surface area (Å²) in [6.45, 7) is -0.793. The topological polar surface area (TPSA) is 29.3 Å². The molecule has 108 valence electrons. The van der Waals surface area contributed by atoms with E-state index in [0.29, 0.717) is 0 Å². The Kier molecular flexibility index (Phi) is 4.30. The Morgan fingerprint density at radius 3 is 2.45 bits per heavy atom. The molecule has 0 aliphatic carbocycles. The number of hydrogen-bond acceptors (Lipinski definition) is 2. The van der Waals surface area contributed by atoms with Crippen molar-refractivity contribution in [2.75, 3.05) is 20.1 Å². The number of benzene rings is 2. The number of alkyl halides is 3. The standard InChI is InChI=1S/C15H17F3N2/c1-20(10-15(16,17)18)9-14(19)13-8-4-6-11-5-2-3-7-12(11)13/h2-8,14H,9-10,19H2,1H3. The Morgan fingerprint density at radius 1 is 1.10 bits per heavy atom. The van der Waals surface area contributed by atoms with Gasteiger partial charge in [0.25, 0.3) is 0 Å². The lowest BCUT2D eigenvalue weighted by Crippen LogP contribution is -2.36. The summed E-state index contributed by atoms with van der Waals surface area (Å²) in [5, 5.41) is 2.03. The highest BCUT2D eigenvalue weighted by molar-refractivity contribution is 5.86. The van der Waals surface area contributed by atoms with Crippen LogP contribution in [0.5, 0.6) is 0 Å². The Morgan fingerprint density at radius 2 is 1.75 bits per heavy atom. The van der Waals surface area contributed by atoms with Crippen LogP contribution < -0.4 is 5.73 Å². The molecule has 20 heavy (non-hydrogen) atoms. The number of fused-ring (bicyclic) bond motifs is 1. The van der Waals surface area contributed by atoms with Gasteiger partial charge in [-0.05, 0) is 23.4 Å². The van der Waals surface area contributed by atoms with Crippen LogP contribution in [0.2, 0.25) is 0 Å². The highest BCUT2D eigenvalue weighted by Gasteiger charge is 2.29. The largest absolute Gasteiger partial charge is 0.401 e. The first-order valence-electron chi connectivity index (χ1n) is 6.35. The molecular formula is C15H17F3N2. The van der Waals surface area contributed by atoms with Crippen LogP contribution in [0.3, 0.4) is 0 Å². The molecule has 0 aliphatic rings. The molecule has 2 aromatic carbocycles. The molecule has 0 aliphatic heterocycles. The van der Waals surface area contributed by atoms with Gasteiger partial charge in [0.1, 0.15) is 0 Å². The minimum absolute atomic E-state index is 0.160. The van der Waals surface area contributed by atoms with E-state index < -0.39 is 18.8 Å². The van der Waals surface area contributed by atoms with E-state index in [4.69, 9.17) is 5.73 Å². The lowest BCUT2D eigenvalue weighted by molar-refractivity contribution is -0.143. The van der Waals surface area contributed by atoms with Crippen LogP contribution in [0, 0.1) is 0 Å². The zero-order chi connectivity index (χ0) is 14.8. The number of nitrogens with two attached hydrogens (primary N) is 1. The van der Waals surface area contributed by atoms with Crippen molar-refractivity contribution in [2.45, 2.75) is 12.2 Å². The van der Waals surface area contributed by atoms with Crippen LogP contribution in [0.1, 0.15) is 11.6 Å². The molecule has 1 atom stereocenters. The number of halogens is 3. The Balaban J connectivity index is 2.17. The first kappa shape index (κ1) is 14.8. The third-order valence-corrected chi connectivity index (χ3v) is 3.18. The van der Waals surface area contributed by atoms with Crippen molar-refractivity contribution in [1.82, 2.24) is 4.90 Å². The third kappa shape index (κ3) is 3.71. The summed E-state index contributed by atoms with van der Waals surface area (Å²) in [7, 11) is 1.43. The molecule has 2 rings (SSSR count). The van der Waals surface area contributed by atoms with E-state index >= 15 is 0 Å². The maximum atomic E-state index is 12.3. The van der Waals surface area contributed by atoms with E-state index in [1.54, 1.807) is 0 Å². The monoisotopic (exact) mass is 282 g/mol. The highest BCUT2D eigenvalue weighted by Crippen LogP contribution is 2.24. The molecule has 0 fully saturated rings. The average molecular weight is 282 g/mol. The summed E-state index contributed by atoms with van der Waals surface area (Å²) in [5.41, 5.74) is 6.94. The second kappa shape index (κ2) is 5.81. The number of likely N-dealkylation sites (N-methyl/N-ethyl adjacent to an activating group) is 1. The van der Waals surface area contributed by atoms with Crippen molar-refractivity contribution in [3.63, 3.8) is 0 Å². The summed E-state index contributed by atoms with van der Waals surface area (Å²) in [5.74, 6) is 0. The second-order valence-electron chi connectivity index (χ2n) is 4.99. The molecular weight excluding hydrogens is 265 g/mol. The molecule has 0 amide bonds. The van der Waals surface area contributed by atoms with Gasteiger partial charge in [-0.15, -0.1) is 0 Å². The van der Waals surface area contributed by atoms with Crippen molar-refractivity contribution in [3.05, 3.63) is 48.0 Å². The van der Waals surface area contributed by atoms with Gasteiger partial charge in [-0.1, -0.05) is 42.5 Å². The van der Waals surface area contributed by atoms with Gasteiger partial charge in [-0.2, -0.15) is 13.2 Å². The smallest absolute Gasteiger partial charge is 0.323 e. The van der Waals surface area contributed by atoms with Crippen molar-refractivity contribution in [3.8, 4) is 0 Å². The molecule has 0 saturated heterocycles. The molecule has 0 spiro atoms. The first-order valence-corrected chi connectivity index (χ1v) is 6.35. The van der Waals surface area contributed by atoms with E-state index in [1.807, 2.05) is 42.5 Å². The molecule has 5 heteroatoms. The second-order valence-corrected chi connectivity index (χ2v) is 4.99. The molecule has 2 nitrogen and oxygen atoms in total. The van der Waals surface area contributed by atoms with E-state index in [1.165, 1.54) is 11.9 Å². The maximum absolute atomic E-state index is 12.3. The van der Waals surface area contributed by atoms with Crippen molar-refractivity contribution >= 4 is 10.8 Å². The molecule has 1 unspecified atom stereocenters. The average Bonchev–Trinajstić information content (AvgIpc) is 2.35. The summed E-state index contributed by atoms with van der Waals surface area (Å²) < 4.78 is 37.0. The highest BCUT2D eigenvalue weighted by atomic mass is 19.4. The van der Waals surface area contributed by atoms with E-state index in [0.717, 1.165) is 16.3 Å². The molecule has 2 N–H and O–H groups in total. The lowest BCUT2D eigenvalue weighted by Gasteiger charge is -2.23. The summed E-state index contributed by atoms with van der Waals surface area (Å²) in [6.07, 6.45) is -4.20. The van der Waals surface area contributed by atoms with E-state index in [-0.39, 0.29) is 6.54 Å². The molecule has 0 heterocycles. The molecule has 0 aromatic heterocycles. The predicted octanol–water partition coefficient (Wildman–Crippen LogP) is 3.33.